The zero-order valence-electron chi connectivity index (χ0n) is 16.0. The van der Waals surface area contributed by atoms with Crippen molar-refractivity contribution in [1.82, 2.24) is 18.6 Å². The van der Waals surface area contributed by atoms with Gasteiger partial charge < -0.3 is 4.40 Å². The van der Waals surface area contributed by atoms with Crippen LogP contribution in [-0.2, 0) is 16.6 Å². The Balaban J connectivity index is 1.30. The molecule has 1 aliphatic rings. The Kier molecular flexibility index (Phi) is 4.58. The van der Waals surface area contributed by atoms with Gasteiger partial charge in [-0.05, 0) is 35.0 Å². The Hall–Kier alpha value is -2.74. The van der Waals surface area contributed by atoms with Gasteiger partial charge in [0.2, 0.25) is 10.0 Å². The smallest absolute Gasteiger partial charge is 0.243 e. The maximum atomic E-state index is 13.1. The molecule has 0 N–H and O–H groups in total. The highest BCUT2D eigenvalue weighted by Crippen LogP contribution is 2.23. The van der Waals surface area contributed by atoms with E-state index < -0.39 is 10.0 Å². The summed E-state index contributed by atoms with van der Waals surface area (Å²) in [5.74, 6) is 0. The molecule has 0 atom stereocenters. The fourth-order valence-corrected chi connectivity index (χ4v) is 5.39. The van der Waals surface area contributed by atoms with Crippen molar-refractivity contribution in [3.05, 3.63) is 78.8 Å². The van der Waals surface area contributed by atoms with E-state index in [4.69, 9.17) is 0 Å². The molecular weight excluding hydrogens is 384 g/mol. The lowest BCUT2D eigenvalue weighted by Gasteiger charge is -2.33. The first-order valence-corrected chi connectivity index (χ1v) is 11.2. The molecule has 0 amide bonds. The van der Waals surface area contributed by atoms with E-state index in [2.05, 4.69) is 14.3 Å². The van der Waals surface area contributed by atoms with E-state index in [1.165, 1.54) is 0 Å². The van der Waals surface area contributed by atoms with Crippen LogP contribution in [0.3, 0.4) is 0 Å². The molecule has 148 valence electrons. The molecule has 3 heterocycles. The zero-order valence-corrected chi connectivity index (χ0v) is 16.8. The standard InChI is InChI=1S/C22H22N4O2S/c27-29(28,21-9-8-18-5-1-2-6-19(18)15-21)25-13-11-24(12-14-25)17-20-16-23-22-7-3-4-10-26(20)22/h1-10,15-16H,11-14,17H2. The SMILES string of the molecule is O=S(=O)(c1ccc2ccccc2c1)N1CCN(Cc2cnc3ccccn23)CC1. The van der Waals surface area contributed by atoms with Gasteiger partial charge in [-0.25, -0.2) is 13.4 Å². The van der Waals surface area contributed by atoms with Gasteiger partial charge >= 0.3 is 0 Å². The zero-order chi connectivity index (χ0) is 19.8. The predicted octanol–water partition coefficient (Wildman–Crippen LogP) is 2.99. The maximum absolute atomic E-state index is 13.1. The monoisotopic (exact) mass is 406 g/mol. The number of fused-ring (bicyclic) bond motifs is 2. The minimum Gasteiger partial charge on any atom is -0.303 e. The molecule has 2 aromatic heterocycles. The highest BCUT2D eigenvalue weighted by atomic mass is 32.2. The molecule has 1 fully saturated rings. The van der Waals surface area contributed by atoms with Crippen molar-refractivity contribution in [3.8, 4) is 0 Å². The summed E-state index contributed by atoms with van der Waals surface area (Å²) in [4.78, 5) is 7.08. The lowest BCUT2D eigenvalue weighted by Crippen LogP contribution is -2.48. The minimum absolute atomic E-state index is 0.367. The summed E-state index contributed by atoms with van der Waals surface area (Å²) in [5, 5.41) is 1.99. The molecule has 0 aliphatic carbocycles. The minimum atomic E-state index is -3.48. The van der Waals surface area contributed by atoms with Crippen molar-refractivity contribution in [3.63, 3.8) is 0 Å². The van der Waals surface area contributed by atoms with Crippen LogP contribution < -0.4 is 0 Å². The van der Waals surface area contributed by atoms with E-state index in [0.717, 1.165) is 28.7 Å². The third-order valence-electron chi connectivity index (χ3n) is 5.57. The number of imidazole rings is 1. The molecule has 1 aliphatic heterocycles. The normalized spacial score (nSPS) is 16.6. The Bertz CT molecular complexity index is 1270. The van der Waals surface area contributed by atoms with E-state index in [-0.39, 0.29) is 0 Å². The lowest BCUT2D eigenvalue weighted by atomic mass is 10.1. The van der Waals surface area contributed by atoms with Crippen LogP contribution in [0.25, 0.3) is 16.4 Å². The second-order valence-electron chi connectivity index (χ2n) is 7.37. The maximum Gasteiger partial charge on any atom is 0.243 e. The van der Waals surface area contributed by atoms with Crippen molar-refractivity contribution < 1.29 is 8.42 Å². The number of aromatic nitrogens is 2. The summed E-state index contributed by atoms with van der Waals surface area (Å²) in [6.07, 6.45) is 3.91. The van der Waals surface area contributed by atoms with Crippen molar-refractivity contribution in [2.24, 2.45) is 0 Å². The molecule has 0 radical (unpaired) electrons. The molecule has 0 unspecified atom stereocenters. The molecule has 0 bridgehead atoms. The number of sulfonamides is 1. The lowest BCUT2D eigenvalue weighted by molar-refractivity contribution is 0.179. The van der Waals surface area contributed by atoms with Crippen LogP contribution in [0.4, 0.5) is 0 Å². The highest BCUT2D eigenvalue weighted by Gasteiger charge is 2.28. The molecule has 0 saturated carbocycles. The van der Waals surface area contributed by atoms with E-state index in [9.17, 15) is 8.42 Å². The van der Waals surface area contributed by atoms with Gasteiger partial charge in [0.05, 0.1) is 16.8 Å². The van der Waals surface area contributed by atoms with E-state index in [1.54, 1.807) is 16.4 Å². The Morgan fingerprint density at radius 3 is 2.45 bits per heavy atom. The fourth-order valence-electron chi connectivity index (χ4n) is 3.94. The second kappa shape index (κ2) is 7.26. The summed E-state index contributed by atoms with van der Waals surface area (Å²) in [6.45, 7) is 3.15. The number of benzene rings is 2. The number of nitrogens with zero attached hydrogens (tertiary/aromatic N) is 4. The van der Waals surface area contributed by atoms with Gasteiger partial charge in [-0.1, -0.05) is 36.4 Å². The molecule has 4 aromatic rings. The highest BCUT2D eigenvalue weighted by molar-refractivity contribution is 7.89. The van der Waals surface area contributed by atoms with Crippen LogP contribution in [0.1, 0.15) is 5.69 Å². The Morgan fingerprint density at radius 1 is 0.862 bits per heavy atom. The molecule has 5 rings (SSSR count). The van der Waals surface area contributed by atoms with Crippen molar-refractivity contribution >= 4 is 26.4 Å². The molecule has 6 nitrogen and oxygen atoms in total. The van der Waals surface area contributed by atoms with Crippen LogP contribution in [0, 0.1) is 0 Å². The third kappa shape index (κ3) is 3.42. The number of rotatable bonds is 4. The van der Waals surface area contributed by atoms with Crippen LogP contribution in [0.2, 0.25) is 0 Å². The molecular formula is C22H22N4O2S. The van der Waals surface area contributed by atoms with Gasteiger partial charge in [-0.2, -0.15) is 4.31 Å². The van der Waals surface area contributed by atoms with E-state index in [1.807, 2.05) is 60.9 Å². The summed E-state index contributed by atoms with van der Waals surface area (Å²) >= 11 is 0. The van der Waals surface area contributed by atoms with Gasteiger partial charge in [-0.3, -0.25) is 4.90 Å². The first kappa shape index (κ1) is 18.3. The van der Waals surface area contributed by atoms with E-state index in [0.29, 0.717) is 31.1 Å². The molecule has 7 heteroatoms. The molecule has 29 heavy (non-hydrogen) atoms. The Labute approximate surface area is 170 Å². The van der Waals surface area contributed by atoms with Gasteiger partial charge in [0.25, 0.3) is 0 Å². The largest absolute Gasteiger partial charge is 0.303 e. The Morgan fingerprint density at radius 2 is 1.62 bits per heavy atom. The van der Waals surface area contributed by atoms with Crippen LogP contribution in [0.15, 0.2) is 78.0 Å². The van der Waals surface area contributed by atoms with Crippen molar-refractivity contribution in [2.75, 3.05) is 26.2 Å². The van der Waals surface area contributed by atoms with Crippen molar-refractivity contribution in [1.29, 1.82) is 0 Å². The topological polar surface area (TPSA) is 57.9 Å². The van der Waals surface area contributed by atoms with Crippen LogP contribution in [0.5, 0.6) is 0 Å². The summed E-state index contributed by atoms with van der Waals surface area (Å²) < 4.78 is 29.9. The molecule has 2 aromatic carbocycles. The van der Waals surface area contributed by atoms with Gasteiger partial charge in [0.1, 0.15) is 5.65 Å². The number of piperazine rings is 1. The molecule has 0 spiro atoms. The van der Waals surface area contributed by atoms with Gasteiger partial charge in [0.15, 0.2) is 0 Å². The van der Waals surface area contributed by atoms with Gasteiger partial charge in [-0.15, -0.1) is 0 Å². The molecule has 1 saturated heterocycles. The fraction of sp³-hybridized carbons (Fsp3) is 0.227. The van der Waals surface area contributed by atoms with E-state index >= 15 is 0 Å². The van der Waals surface area contributed by atoms with Gasteiger partial charge in [0, 0.05) is 38.9 Å². The first-order valence-electron chi connectivity index (χ1n) is 9.73. The average Bonchev–Trinajstić information content (AvgIpc) is 3.17. The number of hydrogen-bond acceptors (Lipinski definition) is 4. The summed E-state index contributed by atoms with van der Waals surface area (Å²) in [5.41, 5.74) is 2.05. The van der Waals surface area contributed by atoms with Crippen molar-refractivity contribution in [2.45, 2.75) is 11.4 Å². The number of pyridine rings is 1. The third-order valence-corrected chi connectivity index (χ3v) is 7.46. The second-order valence-corrected chi connectivity index (χ2v) is 9.31. The predicted molar refractivity (Wildman–Crippen MR) is 113 cm³/mol. The first-order chi connectivity index (χ1) is 14.1. The number of hydrogen-bond donors (Lipinski definition) is 0. The summed E-state index contributed by atoms with van der Waals surface area (Å²) in [7, 11) is -3.48. The quantitative estimate of drug-likeness (QED) is 0.523. The average molecular weight is 407 g/mol. The summed E-state index contributed by atoms with van der Waals surface area (Å²) in [6, 6.07) is 19.1. The van der Waals surface area contributed by atoms with Crippen LogP contribution in [-0.4, -0.2) is 53.2 Å². The van der Waals surface area contributed by atoms with Crippen LogP contribution >= 0.6 is 0 Å².